The Morgan fingerprint density at radius 1 is 0.828 bits per heavy atom. The van der Waals surface area contributed by atoms with Crippen molar-refractivity contribution in [1.29, 1.82) is 0 Å². The van der Waals surface area contributed by atoms with E-state index < -0.39 is 12.4 Å². The molecule has 0 saturated heterocycles. The molecule has 4 nitrogen and oxygen atoms in total. The second-order valence-corrected chi connectivity index (χ2v) is 7.69. The average Bonchev–Trinajstić information content (AvgIpc) is 2.72. The van der Waals surface area contributed by atoms with E-state index in [0.29, 0.717) is 12.2 Å². The van der Waals surface area contributed by atoms with Crippen molar-refractivity contribution in [3.63, 3.8) is 0 Å². The van der Waals surface area contributed by atoms with Gasteiger partial charge in [0.25, 0.3) is 0 Å². The van der Waals surface area contributed by atoms with Gasteiger partial charge in [-0.1, -0.05) is 68.4 Å². The van der Waals surface area contributed by atoms with Crippen LogP contribution in [0.15, 0.2) is 66.7 Å². The van der Waals surface area contributed by atoms with Gasteiger partial charge in [-0.15, -0.1) is 0 Å². The largest absolute Gasteiger partial charge is 0.489 e. The van der Waals surface area contributed by atoms with E-state index in [1.165, 1.54) is 0 Å². The zero-order valence-corrected chi connectivity index (χ0v) is 17.0. The van der Waals surface area contributed by atoms with E-state index in [2.05, 4.69) is 6.92 Å². The Kier molecular flexibility index (Phi) is 6.70. The highest BCUT2D eigenvalue weighted by molar-refractivity contribution is 5.69. The van der Waals surface area contributed by atoms with Gasteiger partial charge in [0, 0.05) is 5.56 Å². The Labute approximate surface area is 172 Å². The summed E-state index contributed by atoms with van der Waals surface area (Å²) in [6.45, 7) is 6.46. The van der Waals surface area contributed by atoms with Crippen molar-refractivity contribution in [2.24, 2.45) is 5.92 Å². The molecule has 0 aliphatic carbocycles. The maximum atomic E-state index is 10.3. The molecule has 0 saturated carbocycles. The van der Waals surface area contributed by atoms with Gasteiger partial charge < -0.3 is 20.1 Å². The summed E-state index contributed by atoms with van der Waals surface area (Å²) in [5.41, 5.74) is 5.61. The maximum Gasteiger partial charge on any atom is 0.178 e. The van der Waals surface area contributed by atoms with Gasteiger partial charge >= 0.3 is 0 Å². The molecule has 3 aromatic rings. The third-order valence-electron chi connectivity index (χ3n) is 5.05. The molecule has 0 bridgehead atoms. The minimum atomic E-state index is -1.46. The number of aliphatic hydroxyl groups excluding tert-OH is 2. The Morgan fingerprint density at radius 2 is 1.52 bits per heavy atom. The molecule has 0 aliphatic heterocycles. The van der Waals surface area contributed by atoms with Gasteiger partial charge in [-0.25, -0.2) is 0 Å². The third-order valence-corrected chi connectivity index (χ3v) is 5.05. The molecule has 3 N–H and O–H groups in total. The molecule has 29 heavy (non-hydrogen) atoms. The van der Waals surface area contributed by atoms with Crippen molar-refractivity contribution in [1.82, 2.24) is 0 Å². The molecule has 3 aromatic carbocycles. The summed E-state index contributed by atoms with van der Waals surface area (Å²) in [6, 6.07) is 21.0. The van der Waals surface area contributed by atoms with Crippen LogP contribution in [0.3, 0.4) is 0 Å². The van der Waals surface area contributed by atoms with Gasteiger partial charge in [0.15, 0.2) is 6.29 Å². The molecule has 0 aromatic heterocycles. The molecule has 4 heteroatoms. The van der Waals surface area contributed by atoms with Gasteiger partial charge in [0.1, 0.15) is 12.4 Å². The summed E-state index contributed by atoms with van der Waals surface area (Å²) in [5.74, 6) is 0.936. The van der Waals surface area contributed by atoms with E-state index in [-0.39, 0.29) is 5.92 Å². The summed E-state index contributed by atoms with van der Waals surface area (Å²) >= 11 is 0. The molecular weight excluding hydrogens is 364 g/mol. The Bertz CT molecular complexity index is 945. The van der Waals surface area contributed by atoms with Crippen molar-refractivity contribution in [3.8, 4) is 16.9 Å². The van der Waals surface area contributed by atoms with Crippen molar-refractivity contribution in [2.75, 3.05) is 0 Å². The predicted molar refractivity (Wildman–Crippen MR) is 114 cm³/mol. The van der Waals surface area contributed by atoms with Gasteiger partial charge in [0.05, 0.1) is 6.10 Å². The Hall–Kier alpha value is -2.66. The van der Waals surface area contributed by atoms with Crippen LogP contribution in [0.25, 0.3) is 11.1 Å². The van der Waals surface area contributed by atoms with Crippen molar-refractivity contribution in [3.05, 3.63) is 89.0 Å². The lowest BCUT2D eigenvalue weighted by atomic mass is 9.93. The minimum Gasteiger partial charge on any atom is -0.489 e. The number of rotatable bonds is 7. The van der Waals surface area contributed by atoms with E-state index in [0.717, 1.165) is 33.6 Å². The predicted octanol–water partition coefficient (Wildman–Crippen LogP) is 4.91. The molecule has 0 fully saturated rings. The molecule has 3 rings (SSSR count). The molecule has 1 unspecified atom stereocenters. The van der Waals surface area contributed by atoms with Crippen LogP contribution in [0, 0.1) is 12.8 Å². The van der Waals surface area contributed by atoms with E-state index in [4.69, 9.17) is 14.9 Å². The fourth-order valence-corrected chi connectivity index (χ4v) is 3.29. The first kappa shape index (κ1) is 21.1. The molecule has 0 aliphatic rings. The zero-order chi connectivity index (χ0) is 21.0. The van der Waals surface area contributed by atoms with Crippen LogP contribution in [0.2, 0.25) is 0 Å². The third kappa shape index (κ3) is 5.24. The lowest BCUT2D eigenvalue weighted by molar-refractivity contribution is -0.0425. The lowest BCUT2D eigenvalue weighted by Crippen LogP contribution is -2.05. The average molecular weight is 392 g/mol. The van der Waals surface area contributed by atoms with Crippen molar-refractivity contribution in [2.45, 2.75) is 39.8 Å². The number of ether oxygens (including phenoxy) is 1. The standard InChI is InChI=1S/C25H28O4/c1-16(2)24(26)21-11-12-23(17(3)13-21)20-5-4-6-22(14-20)29-15-18-7-9-19(10-8-18)25(27)28/h4-14,16,24-28H,15H2,1-3H3. The number of hydrogen-bond acceptors (Lipinski definition) is 4. The fourth-order valence-electron chi connectivity index (χ4n) is 3.29. The van der Waals surface area contributed by atoms with Gasteiger partial charge in [-0.05, 0) is 52.8 Å². The molecule has 152 valence electrons. The highest BCUT2D eigenvalue weighted by Gasteiger charge is 2.13. The van der Waals surface area contributed by atoms with Crippen LogP contribution in [-0.2, 0) is 6.61 Å². The first-order valence-corrected chi connectivity index (χ1v) is 9.82. The summed E-state index contributed by atoms with van der Waals surface area (Å²) in [7, 11) is 0. The number of benzene rings is 3. The van der Waals surface area contributed by atoms with Crippen LogP contribution in [-0.4, -0.2) is 15.3 Å². The second kappa shape index (κ2) is 9.23. The van der Waals surface area contributed by atoms with E-state index in [9.17, 15) is 5.11 Å². The monoisotopic (exact) mass is 392 g/mol. The van der Waals surface area contributed by atoms with E-state index in [1.54, 1.807) is 12.1 Å². The van der Waals surface area contributed by atoms with Crippen LogP contribution < -0.4 is 4.74 Å². The summed E-state index contributed by atoms with van der Waals surface area (Å²) in [6.07, 6.45) is -1.92. The summed E-state index contributed by atoms with van der Waals surface area (Å²) in [5, 5.41) is 28.6. The van der Waals surface area contributed by atoms with Gasteiger partial charge in [0.2, 0.25) is 0 Å². The number of hydrogen-bond donors (Lipinski definition) is 3. The van der Waals surface area contributed by atoms with Crippen LogP contribution >= 0.6 is 0 Å². The summed E-state index contributed by atoms with van der Waals surface area (Å²) in [4.78, 5) is 0. The quantitative estimate of drug-likeness (QED) is 0.500. The van der Waals surface area contributed by atoms with Gasteiger partial charge in [-0.3, -0.25) is 0 Å². The van der Waals surface area contributed by atoms with E-state index >= 15 is 0 Å². The second-order valence-electron chi connectivity index (χ2n) is 7.69. The smallest absolute Gasteiger partial charge is 0.178 e. The normalized spacial score (nSPS) is 12.4. The minimum absolute atomic E-state index is 0.173. The van der Waals surface area contributed by atoms with Crippen molar-refractivity contribution >= 4 is 0 Å². The SMILES string of the molecule is Cc1cc(C(O)C(C)C)ccc1-c1cccc(OCc2ccc(C(O)O)cc2)c1. The summed E-state index contributed by atoms with van der Waals surface area (Å²) < 4.78 is 5.92. The van der Waals surface area contributed by atoms with Crippen LogP contribution in [0.5, 0.6) is 5.75 Å². The fraction of sp³-hybridized carbons (Fsp3) is 0.280. The highest BCUT2D eigenvalue weighted by atomic mass is 16.5. The van der Waals surface area contributed by atoms with Crippen molar-refractivity contribution < 1.29 is 20.1 Å². The van der Waals surface area contributed by atoms with Gasteiger partial charge in [-0.2, -0.15) is 0 Å². The first-order chi connectivity index (χ1) is 13.8. The maximum absolute atomic E-state index is 10.3. The molecule has 0 heterocycles. The topological polar surface area (TPSA) is 69.9 Å². The molecular formula is C25H28O4. The zero-order valence-electron chi connectivity index (χ0n) is 17.0. The number of aliphatic hydroxyl groups is 3. The first-order valence-electron chi connectivity index (χ1n) is 9.82. The van der Waals surface area contributed by atoms with E-state index in [1.807, 2.05) is 68.4 Å². The Morgan fingerprint density at radius 3 is 2.14 bits per heavy atom. The molecule has 0 spiro atoms. The van der Waals surface area contributed by atoms with Crippen LogP contribution in [0.4, 0.5) is 0 Å². The molecule has 1 atom stereocenters. The molecule has 0 amide bonds. The van der Waals surface area contributed by atoms with Crippen LogP contribution in [0.1, 0.15) is 48.5 Å². The Balaban J connectivity index is 1.74. The molecule has 0 radical (unpaired) electrons. The number of aryl methyl sites for hydroxylation is 1. The highest BCUT2D eigenvalue weighted by Crippen LogP contribution is 2.30. The lowest BCUT2D eigenvalue weighted by Gasteiger charge is -2.17.